The smallest absolute Gasteiger partial charge is 0.0643 e. The van der Waals surface area contributed by atoms with Gasteiger partial charge in [0.1, 0.15) is 0 Å². The van der Waals surface area contributed by atoms with Crippen molar-refractivity contribution < 1.29 is 0 Å². The lowest BCUT2D eigenvalue weighted by Gasteiger charge is -2.16. The summed E-state index contributed by atoms with van der Waals surface area (Å²) in [5.74, 6) is 0. The second-order valence-corrected chi connectivity index (χ2v) is 5.32. The average Bonchev–Trinajstić information content (AvgIpc) is 2.35. The highest BCUT2D eigenvalue weighted by Gasteiger charge is 2.14. The fourth-order valence-corrected chi connectivity index (χ4v) is 2.34. The molecular formula is C14H12Cl3N. The van der Waals surface area contributed by atoms with E-state index in [2.05, 4.69) is 0 Å². The fraction of sp³-hybridized carbons (Fsp3) is 0.143. The van der Waals surface area contributed by atoms with Crippen LogP contribution < -0.4 is 5.73 Å². The van der Waals surface area contributed by atoms with Gasteiger partial charge >= 0.3 is 0 Å². The van der Waals surface area contributed by atoms with Gasteiger partial charge in [-0.2, -0.15) is 0 Å². The van der Waals surface area contributed by atoms with Gasteiger partial charge in [0.2, 0.25) is 0 Å². The van der Waals surface area contributed by atoms with Gasteiger partial charge in [-0.05, 0) is 35.7 Å². The lowest BCUT2D eigenvalue weighted by Crippen LogP contribution is -2.12. The Morgan fingerprint density at radius 2 is 1.72 bits per heavy atom. The maximum absolute atomic E-state index is 6.22. The number of hydrogen-bond donors (Lipinski definition) is 1. The van der Waals surface area contributed by atoms with Gasteiger partial charge in [0.15, 0.2) is 0 Å². The second kappa shape index (κ2) is 5.50. The Bertz CT molecular complexity index is 581. The average molecular weight is 301 g/mol. The highest BCUT2D eigenvalue weighted by molar-refractivity contribution is 6.42. The zero-order valence-corrected chi connectivity index (χ0v) is 12.0. The molecule has 2 rings (SSSR count). The van der Waals surface area contributed by atoms with Crippen molar-refractivity contribution in [1.82, 2.24) is 0 Å². The van der Waals surface area contributed by atoms with Crippen LogP contribution in [0.25, 0.3) is 0 Å². The van der Waals surface area contributed by atoms with Gasteiger partial charge in [0.05, 0.1) is 16.1 Å². The van der Waals surface area contributed by atoms with Crippen molar-refractivity contribution in [2.75, 3.05) is 0 Å². The molecule has 0 radical (unpaired) electrons. The first kappa shape index (κ1) is 13.7. The minimum Gasteiger partial charge on any atom is -0.320 e. The van der Waals surface area contributed by atoms with E-state index >= 15 is 0 Å². The van der Waals surface area contributed by atoms with Crippen LogP contribution in [0.2, 0.25) is 15.1 Å². The summed E-state index contributed by atoms with van der Waals surface area (Å²) < 4.78 is 0. The molecule has 4 heteroatoms. The molecule has 1 unspecified atom stereocenters. The molecule has 0 aliphatic rings. The first-order chi connectivity index (χ1) is 8.50. The Labute approximate surface area is 121 Å². The predicted octanol–water partition coefficient (Wildman–Crippen LogP) is 5.00. The molecule has 0 spiro atoms. The molecular weight excluding hydrogens is 289 g/mol. The molecule has 18 heavy (non-hydrogen) atoms. The van der Waals surface area contributed by atoms with E-state index in [1.165, 1.54) is 0 Å². The van der Waals surface area contributed by atoms with Crippen molar-refractivity contribution >= 4 is 34.8 Å². The first-order valence-corrected chi connectivity index (χ1v) is 6.59. The van der Waals surface area contributed by atoms with Crippen molar-refractivity contribution in [1.29, 1.82) is 0 Å². The summed E-state index contributed by atoms with van der Waals surface area (Å²) in [5.41, 5.74) is 8.98. The third-order valence-electron chi connectivity index (χ3n) is 2.86. The molecule has 0 saturated heterocycles. The number of hydrogen-bond acceptors (Lipinski definition) is 1. The monoisotopic (exact) mass is 299 g/mol. The van der Waals surface area contributed by atoms with Gasteiger partial charge in [-0.1, -0.05) is 59.1 Å². The van der Waals surface area contributed by atoms with Crippen molar-refractivity contribution in [3.05, 3.63) is 68.2 Å². The van der Waals surface area contributed by atoms with Crippen LogP contribution in [-0.2, 0) is 0 Å². The zero-order valence-electron chi connectivity index (χ0n) is 9.75. The minimum atomic E-state index is -0.313. The van der Waals surface area contributed by atoms with Crippen LogP contribution in [0.4, 0.5) is 0 Å². The Morgan fingerprint density at radius 1 is 1.00 bits per heavy atom. The lowest BCUT2D eigenvalue weighted by atomic mass is 9.98. The third-order valence-corrected chi connectivity index (χ3v) is 4.12. The molecule has 0 fully saturated rings. The predicted molar refractivity (Wildman–Crippen MR) is 78.7 cm³/mol. The van der Waals surface area contributed by atoms with E-state index in [-0.39, 0.29) is 6.04 Å². The molecule has 0 heterocycles. The van der Waals surface area contributed by atoms with Crippen LogP contribution in [0.15, 0.2) is 36.4 Å². The van der Waals surface area contributed by atoms with Crippen LogP contribution in [0.3, 0.4) is 0 Å². The molecule has 1 atom stereocenters. The second-order valence-electron chi connectivity index (χ2n) is 4.13. The van der Waals surface area contributed by atoms with Gasteiger partial charge in [-0.15, -0.1) is 0 Å². The Hall–Kier alpha value is -0.730. The van der Waals surface area contributed by atoms with E-state index in [4.69, 9.17) is 40.5 Å². The van der Waals surface area contributed by atoms with Crippen molar-refractivity contribution in [3.8, 4) is 0 Å². The van der Waals surface area contributed by atoms with E-state index in [0.29, 0.717) is 10.0 Å². The molecule has 2 N–H and O–H groups in total. The van der Waals surface area contributed by atoms with E-state index in [1.54, 1.807) is 6.07 Å². The SMILES string of the molecule is Cc1cc(C(N)c2cccc(Cl)c2Cl)ccc1Cl. The number of halogens is 3. The number of benzene rings is 2. The summed E-state index contributed by atoms with van der Waals surface area (Å²) in [4.78, 5) is 0. The Balaban J connectivity index is 2.44. The summed E-state index contributed by atoms with van der Waals surface area (Å²) in [7, 11) is 0. The van der Waals surface area contributed by atoms with E-state index in [1.807, 2.05) is 37.3 Å². The maximum atomic E-state index is 6.22. The van der Waals surface area contributed by atoms with Crippen molar-refractivity contribution in [2.24, 2.45) is 5.73 Å². The molecule has 94 valence electrons. The van der Waals surface area contributed by atoms with Gasteiger partial charge < -0.3 is 5.73 Å². The summed E-state index contributed by atoms with van der Waals surface area (Å²) in [6.45, 7) is 1.94. The number of rotatable bonds is 2. The standard InChI is InChI=1S/C14H12Cl3N/c1-8-7-9(5-6-11(8)15)14(18)10-3-2-4-12(16)13(10)17/h2-7,14H,18H2,1H3. The molecule has 2 aromatic rings. The van der Waals surface area contributed by atoms with Gasteiger partial charge in [0.25, 0.3) is 0 Å². The molecule has 0 bridgehead atoms. The Kier molecular flexibility index (Phi) is 4.18. The first-order valence-electron chi connectivity index (χ1n) is 5.46. The summed E-state index contributed by atoms with van der Waals surface area (Å²) in [6.07, 6.45) is 0. The van der Waals surface area contributed by atoms with Crippen LogP contribution in [-0.4, -0.2) is 0 Å². The molecule has 0 aliphatic heterocycles. The van der Waals surface area contributed by atoms with E-state index in [0.717, 1.165) is 21.7 Å². The molecule has 2 aromatic carbocycles. The quantitative estimate of drug-likeness (QED) is 0.829. The molecule has 0 aliphatic carbocycles. The van der Waals surface area contributed by atoms with Gasteiger partial charge in [-0.3, -0.25) is 0 Å². The molecule has 0 amide bonds. The zero-order chi connectivity index (χ0) is 13.3. The number of aryl methyl sites for hydroxylation is 1. The van der Waals surface area contributed by atoms with Gasteiger partial charge in [-0.25, -0.2) is 0 Å². The molecule has 0 aromatic heterocycles. The minimum absolute atomic E-state index is 0.313. The van der Waals surface area contributed by atoms with Crippen molar-refractivity contribution in [3.63, 3.8) is 0 Å². The van der Waals surface area contributed by atoms with Crippen LogP contribution >= 0.6 is 34.8 Å². The fourth-order valence-electron chi connectivity index (χ4n) is 1.80. The van der Waals surface area contributed by atoms with E-state index in [9.17, 15) is 0 Å². The lowest BCUT2D eigenvalue weighted by molar-refractivity contribution is 0.870. The van der Waals surface area contributed by atoms with Gasteiger partial charge in [0, 0.05) is 5.02 Å². The van der Waals surface area contributed by atoms with Crippen LogP contribution in [0, 0.1) is 6.92 Å². The van der Waals surface area contributed by atoms with Crippen molar-refractivity contribution in [2.45, 2.75) is 13.0 Å². The normalized spacial score (nSPS) is 12.5. The topological polar surface area (TPSA) is 26.0 Å². The highest BCUT2D eigenvalue weighted by Crippen LogP contribution is 2.32. The maximum Gasteiger partial charge on any atom is 0.0643 e. The van der Waals surface area contributed by atoms with Crippen LogP contribution in [0.1, 0.15) is 22.7 Å². The summed E-state index contributed by atoms with van der Waals surface area (Å²) in [5, 5.41) is 1.73. The summed E-state index contributed by atoms with van der Waals surface area (Å²) >= 11 is 18.2. The highest BCUT2D eigenvalue weighted by atomic mass is 35.5. The summed E-state index contributed by atoms with van der Waals surface area (Å²) in [6, 6.07) is 10.8. The number of nitrogens with two attached hydrogens (primary N) is 1. The molecule has 0 saturated carbocycles. The molecule has 1 nitrogen and oxygen atoms in total. The van der Waals surface area contributed by atoms with E-state index < -0.39 is 0 Å². The Morgan fingerprint density at radius 3 is 2.39 bits per heavy atom. The largest absolute Gasteiger partial charge is 0.320 e. The third kappa shape index (κ3) is 2.65. The van der Waals surface area contributed by atoms with Crippen LogP contribution in [0.5, 0.6) is 0 Å².